The lowest BCUT2D eigenvalue weighted by molar-refractivity contribution is 0.687. The zero-order valence-corrected chi connectivity index (χ0v) is 12.2. The fraction of sp³-hybridized carbons (Fsp3) is 0.429. The van der Waals surface area contributed by atoms with Crippen LogP contribution in [0, 0.1) is 6.92 Å². The summed E-state index contributed by atoms with van der Waals surface area (Å²) in [6.45, 7) is 6.11. The fourth-order valence-electron chi connectivity index (χ4n) is 1.46. The number of hydrogen-bond acceptors (Lipinski definition) is 1. The molecular weight excluding hydrogens is 252 g/mol. The quantitative estimate of drug-likeness (QED) is 0.754. The first-order valence-electron chi connectivity index (χ1n) is 5.90. The van der Waals surface area contributed by atoms with Crippen LogP contribution < -0.4 is 0 Å². The van der Waals surface area contributed by atoms with Gasteiger partial charge < -0.3 is 0 Å². The molecule has 17 heavy (non-hydrogen) atoms. The van der Waals surface area contributed by atoms with Crippen LogP contribution in [0.5, 0.6) is 0 Å². The highest BCUT2D eigenvalue weighted by atomic mass is 35.5. The molecule has 0 bridgehead atoms. The number of aryl methyl sites for hydroxylation is 1. The second-order valence-corrected chi connectivity index (χ2v) is 6.26. The van der Waals surface area contributed by atoms with Crippen molar-refractivity contribution in [1.29, 1.82) is 0 Å². The number of halogens is 1. The summed E-state index contributed by atoms with van der Waals surface area (Å²) in [6.07, 6.45) is 3.14. The van der Waals surface area contributed by atoms with Crippen molar-refractivity contribution < 1.29 is 4.21 Å². The van der Waals surface area contributed by atoms with Gasteiger partial charge in [0.2, 0.25) is 0 Å². The van der Waals surface area contributed by atoms with Gasteiger partial charge in [0, 0.05) is 4.90 Å². The first-order valence-corrected chi connectivity index (χ1v) is 7.42. The maximum atomic E-state index is 12.2. The van der Waals surface area contributed by atoms with Gasteiger partial charge in [-0.1, -0.05) is 42.6 Å². The largest absolute Gasteiger partial charge is 0.248 e. The molecule has 0 amide bonds. The highest BCUT2D eigenvalue weighted by molar-refractivity contribution is 7.90. The van der Waals surface area contributed by atoms with Gasteiger partial charge in [-0.15, -0.1) is 0 Å². The molecule has 1 atom stereocenters. The van der Waals surface area contributed by atoms with E-state index in [0.717, 1.165) is 35.3 Å². The second-order valence-electron chi connectivity index (χ2n) is 4.24. The standard InChI is InChI=1S/C14H19ClOS/c1-4-5-6-12(3)14(15)17(16)13-9-7-11(2)8-10-13/h7-10H,4-6H2,1-3H3/b14-12-/t17-/m0/s1. The molecule has 0 unspecified atom stereocenters. The van der Waals surface area contributed by atoms with Crippen molar-refractivity contribution >= 4 is 22.4 Å². The molecular formula is C14H19ClOS. The first-order chi connectivity index (χ1) is 8.06. The molecule has 0 heterocycles. The van der Waals surface area contributed by atoms with E-state index in [4.69, 9.17) is 11.6 Å². The zero-order chi connectivity index (χ0) is 12.8. The van der Waals surface area contributed by atoms with Crippen molar-refractivity contribution in [3.8, 4) is 0 Å². The van der Waals surface area contributed by atoms with Crippen LogP contribution in [-0.2, 0) is 10.8 Å². The molecule has 0 spiro atoms. The van der Waals surface area contributed by atoms with Gasteiger partial charge in [0.15, 0.2) is 0 Å². The first kappa shape index (κ1) is 14.5. The van der Waals surface area contributed by atoms with Gasteiger partial charge in [-0.05, 0) is 44.4 Å². The van der Waals surface area contributed by atoms with Gasteiger partial charge in [0.1, 0.15) is 4.36 Å². The summed E-state index contributed by atoms with van der Waals surface area (Å²) in [7, 11) is -1.22. The molecule has 0 aromatic heterocycles. The van der Waals surface area contributed by atoms with E-state index in [1.54, 1.807) is 0 Å². The minimum atomic E-state index is -1.22. The monoisotopic (exact) mass is 270 g/mol. The molecule has 1 aromatic carbocycles. The zero-order valence-electron chi connectivity index (χ0n) is 10.6. The molecule has 1 rings (SSSR count). The molecule has 3 heteroatoms. The third-order valence-electron chi connectivity index (χ3n) is 2.64. The Morgan fingerprint density at radius 1 is 1.29 bits per heavy atom. The molecule has 1 aromatic rings. The van der Waals surface area contributed by atoms with Crippen LogP contribution in [0.25, 0.3) is 0 Å². The fourth-order valence-corrected chi connectivity index (χ4v) is 2.83. The predicted octanol–water partition coefficient (Wildman–Crippen LogP) is 4.76. The predicted molar refractivity (Wildman–Crippen MR) is 75.7 cm³/mol. The molecule has 0 saturated carbocycles. The average Bonchev–Trinajstić information content (AvgIpc) is 2.35. The Morgan fingerprint density at radius 3 is 2.41 bits per heavy atom. The number of unbranched alkanes of at least 4 members (excludes halogenated alkanes) is 1. The van der Waals surface area contributed by atoms with Crippen molar-refractivity contribution in [3.05, 3.63) is 39.8 Å². The lowest BCUT2D eigenvalue weighted by Crippen LogP contribution is -1.94. The van der Waals surface area contributed by atoms with E-state index in [-0.39, 0.29) is 0 Å². The smallest absolute Gasteiger partial charge is 0.108 e. The summed E-state index contributed by atoms with van der Waals surface area (Å²) >= 11 is 6.17. The van der Waals surface area contributed by atoms with Crippen molar-refractivity contribution in [3.63, 3.8) is 0 Å². The van der Waals surface area contributed by atoms with Gasteiger partial charge in [-0.2, -0.15) is 0 Å². The summed E-state index contributed by atoms with van der Waals surface area (Å²) in [5, 5.41) is 0. The van der Waals surface area contributed by atoms with Crippen LogP contribution in [0.3, 0.4) is 0 Å². The summed E-state index contributed by atoms with van der Waals surface area (Å²) in [5.41, 5.74) is 2.20. The van der Waals surface area contributed by atoms with Crippen LogP contribution >= 0.6 is 11.6 Å². The highest BCUT2D eigenvalue weighted by Crippen LogP contribution is 2.24. The SMILES string of the molecule is CCCC/C(C)=C(/Cl)[S@@](=O)c1ccc(C)cc1. The highest BCUT2D eigenvalue weighted by Gasteiger charge is 2.10. The van der Waals surface area contributed by atoms with Crippen LogP contribution in [0.4, 0.5) is 0 Å². The van der Waals surface area contributed by atoms with E-state index in [1.807, 2.05) is 38.1 Å². The van der Waals surface area contributed by atoms with E-state index in [1.165, 1.54) is 0 Å². The molecule has 0 N–H and O–H groups in total. The molecule has 0 aliphatic rings. The third-order valence-corrected chi connectivity index (χ3v) is 4.76. The Kier molecular flexibility index (Phi) is 5.93. The Morgan fingerprint density at radius 2 is 1.88 bits per heavy atom. The molecule has 0 fully saturated rings. The molecule has 0 radical (unpaired) electrons. The van der Waals surface area contributed by atoms with Gasteiger partial charge >= 0.3 is 0 Å². The van der Waals surface area contributed by atoms with Crippen LogP contribution in [0.1, 0.15) is 38.7 Å². The van der Waals surface area contributed by atoms with E-state index in [2.05, 4.69) is 6.92 Å². The number of benzene rings is 1. The van der Waals surface area contributed by atoms with Gasteiger partial charge in [-0.25, -0.2) is 4.21 Å². The Hall–Kier alpha value is -0.600. The van der Waals surface area contributed by atoms with Crippen molar-refractivity contribution in [2.45, 2.75) is 44.9 Å². The van der Waals surface area contributed by atoms with Crippen LogP contribution in [0.15, 0.2) is 39.1 Å². The Bertz CT molecular complexity index is 420. The van der Waals surface area contributed by atoms with Crippen molar-refractivity contribution in [1.82, 2.24) is 0 Å². The average molecular weight is 271 g/mol. The molecule has 94 valence electrons. The summed E-state index contributed by atoms with van der Waals surface area (Å²) < 4.78 is 12.7. The normalized spacial score (nSPS) is 14.4. The van der Waals surface area contributed by atoms with E-state index < -0.39 is 10.8 Å². The summed E-state index contributed by atoms with van der Waals surface area (Å²) in [5.74, 6) is 0. The lowest BCUT2D eigenvalue weighted by atomic mass is 10.1. The van der Waals surface area contributed by atoms with Crippen LogP contribution in [0.2, 0.25) is 0 Å². The van der Waals surface area contributed by atoms with Gasteiger partial charge in [0.25, 0.3) is 0 Å². The molecule has 0 saturated heterocycles. The number of allylic oxidation sites excluding steroid dienone is 1. The van der Waals surface area contributed by atoms with Gasteiger partial charge in [0.05, 0.1) is 10.8 Å². The topological polar surface area (TPSA) is 17.1 Å². The minimum Gasteiger partial charge on any atom is -0.248 e. The summed E-state index contributed by atoms with van der Waals surface area (Å²) in [4.78, 5) is 0.774. The van der Waals surface area contributed by atoms with Crippen molar-refractivity contribution in [2.24, 2.45) is 0 Å². The van der Waals surface area contributed by atoms with Gasteiger partial charge in [-0.3, -0.25) is 0 Å². The minimum absolute atomic E-state index is 0.488. The Balaban J connectivity index is 2.85. The van der Waals surface area contributed by atoms with E-state index in [0.29, 0.717) is 4.36 Å². The molecule has 0 aliphatic heterocycles. The molecule has 0 aliphatic carbocycles. The number of rotatable bonds is 5. The van der Waals surface area contributed by atoms with Crippen molar-refractivity contribution in [2.75, 3.05) is 0 Å². The lowest BCUT2D eigenvalue weighted by Gasteiger charge is -2.06. The van der Waals surface area contributed by atoms with E-state index in [9.17, 15) is 4.21 Å². The maximum Gasteiger partial charge on any atom is 0.108 e. The third kappa shape index (κ3) is 4.29. The Labute approximate surface area is 111 Å². The van der Waals surface area contributed by atoms with E-state index >= 15 is 0 Å². The maximum absolute atomic E-state index is 12.2. The number of hydrogen-bond donors (Lipinski definition) is 0. The van der Waals surface area contributed by atoms with Crippen LogP contribution in [-0.4, -0.2) is 4.21 Å². The molecule has 1 nitrogen and oxygen atoms in total. The second kappa shape index (κ2) is 6.97. The summed E-state index contributed by atoms with van der Waals surface area (Å²) in [6, 6.07) is 7.67.